The van der Waals surface area contributed by atoms with Gasteiger partial charge >= 0.3 is 5.82 Å². The molecule has 8 heteroatoms. The van der Waals surface area contributed by atoms with Gasteiger partial charge in [0, 0.05) is 31.3 Å². The van der Waals surface area contributed by atoms with Crippen molar-refractivity contribution in [1.29, 1.82) is 0 Å². The Morgan fingerprint density at radius 1 is 1.63 bits per heavy atom. The highest BCUT2D eigenvalue weighted by molar-refractivity contribution is 6.64. The second-order valence-corrected chi connectivity index (χ2v) is 4.45. The second-order valence-electron chi connectivity index (χ2n) is 4.45. The van der Waals surface area contributed by atoms with E-state index in [0.29, 0.717) is 12.4 Å². The summed E-state index contributed by atoms with van der Waals surface area (Å²) in [6, 6.07) is 5.00. The molecular weight excluding hydrogens is 247 g/mol. The lowest BCUT2D eigenvalue weighted by molar-refractivity contribution is -0.389. The van der Waals surface area contributed by atoms with Crippen LogP contribution >= 0.6 is 0 Å². The van der Waals surface area contributed by atoms with Gasteiger partial charge < -0.3 is 24.6 Å². The molecule has 1 atom stereocenters. The summed E-state index contributed by atoms with van der Waals surface area (Å²) in [5.41, 5.74) is 0. The van der Waals surface area contributed by atoms with Crippen LogP contribution in [-0.4, -0.2) is 54.5 Å². The van der Waals surface area contributed by atoms with Crippen molar-refractivity contribution in [3.05, 3.63) is 28.3 Å². The van der Waals surface area contributed by atoms with Crippen molar-refractivity contribution in [2.45, 2.75) is 12.5 Å². The molecule has 1 fully saturated rings. The van der Waals surface area contributed by atoms with E-state index in [4.69, 9.17) is 0 Å². The number of rotatable bonds is 5. The molecule has 1 aromatic rings. The third kappa shape index (κ3) is 3.08. The summed E-state index contributed by atoms with van der Waals surface area (Å²) in [5, 5.41) is 10.7. The molecule has 0 aromatic carbocycles. The average molecular weight is 261 g/mol. The predicted molar refractivity (Wildman–Crippen MR) is 71.8 cm³/mol. The molecule has 0 spiro atoms. The minimum Gasteiger partial charge on any atom is -0.358 e. The van der Waals surface area contributed by atoms with Gasteiger partial charge in [-0.05, 0) is 29.4 Å². The Morgan fingerprint density at radius 2 is 2.42 bits per heavy atom. The minimum absolute atomic E-state index is 0.145. The number of anilines is 1. The number of hydrogen-bond acceptors (Lipinski definition) is 6. The van der Waals surface area contributed by atoms with Crippen LogP contribution in [0, 0.1) is 10.1 Å². The predicted octanol–water partition coefficient (Wildman–Crippen LogP) is 0.310. The molecule has 7 nitrogen and oxygen atoms in total. The summed E-state index contributed by atoms with van der Waals surface area (Å²) in [7, 11) is 3.35. The maximum Gasteiger partial charge on any atom is 0.365 e. The van der Waals surface area contributed by atoms with Crippen LogP contribution in [0.1, 0.15) is 6.42 Å². The number of carbonyl (C=O) groups excluding carboxylic acids is 1. The number of carbonyl (C=O) groups is 1. The first-order chi connectivity index (χ1) is 9.11. The van der Waals surface area contributed by atoms with Gasteiger partial charge in [0.1, 0.15) is 0 Å². The second kappa shape index (κ2) is 5.79. The molecular formula is C11H14BN4O3. The van der Waals surface area contributed by atoms with E-state index < -0.39 is 4.92 Å². The van der Waals surface area contributed by atoms with Gasteiger partial charge in [0.2, 0.25) is 5.82 Å². The van der Waals surface area contributed by atoms with Crippen molar-refractivity contribution in [1.82, 2.24) is 9.79 Å². The monoisotopic (exact) mass is 261 g/mol. The zero-order chi connectivity index (χ0) is 13.8. The Bertz CT molecular complexity index is 485. The maximum atomic E-state index is 10.7. The molecule has 0 amide bonds. The number of hydrogen-bond donors (Lipinski definition) is 0. The Hall–Kier alpha value is -1.96. The highest BCUT2D eigenvalue weighted by Gasteiger charge is 2.28. The molecule has 0 N–H and O–H groups in total. The first kappa shape index (κ1) is 13.5. The summed E-state index contributed by atoms with van der Waals surface area (Å²) in [4.78, 5) is 28.5. The average Bonchev–Trinajstić information content (AvgIpc) is 2.89. The Morgan fingerprint density at radius 3 is 3.11 bits per heavy atom. The van der Waals surface area contributed by atoms with Gasteiger partial charge in [-0.3, -0.25) is 0 Å². The highest BCUT2D eigenvalue weighted by Crippen LogP contribution is 2.22. The molecule has 2 rings (SSSR count). The van der Waals surface area contributed by atoms with Crippen molar-refractivity contribution in [2.24, 2.45) is 0 Å². The van der Waals surface area contributed by atoms with Crippen LogP contribution in [0.15, 0.2) is 18.2 Å². The van der Waals surface area contributed by atoms with E-state index in [2.05, 4.69) is 4.98 Å². The summed E-state index contributed by atoms with van der Waals surface area (Å²) in [6.45, 7) is 1.48. The summed E-state index contributed by atoms with van der Waals surface area (Å²) >= 11 is 0. The standard InChI is InChI=1S/C11H14BN4O3/c1-14(12-8-17)9-5-6-15(7-9)10-3-2-4-11(13-10)16(18)19/h2-4,8-9H,5-7H2,1H3/t9-/m0/s1. The molecule has 99 valence electrons. The molecule has 1 aromatic heterocycles. The van der Waals surface area contributed by atoms with E-state index in [1.807, 2.05) is 16.8 Å². The molecule has 1 saturated heterocycles. The Kier molecular flexibility index (Phi) is 4.11. The van der Waals surface area contributed by atoms with Crippen LogP contribution in [0.25, 0.3) is 0 Å². The van der Waals surface area contributed by atoms with Crippen molar-refractivity contribution >= 4 is 25.2 Å². The van der Waals surface area contributed by atoms with Crippen LogP contribution in [0.2, 0.25) is 0 Å². The molecule has 0 saturated carbocycles. The van der Waals surface area contributed by atoms with Gasteiger partial charge in [-0.1, -0.05) is 0 Å². The molecule has 0 unspecified atom stereocenters. The normalized spacial score (nSPS) is 18.6. The molecule has 2 heterocycles. The van der Waals surface area contributed by atoms with Crippen molar-refractivity contribution < 1.29 is 9.72 Å². The van der Waals surface area contributed by atoms with E-state index >= 15 is 0 Å². The number of likely N-dealkylation sites (N-methyl/N-ethyl adjacent to an activating group) is 1. The van der Waals surface area contributed by atoms with Gasteiger partial charge in [-0.15, -0.1) is 0 Å². The molecule has 0 bridgehead atoms. The SMILES string of the molecule is CN([B]C=O)[C@H]1CCN(c2cccc([N+](=O)[O-])n2)C1. The summed E-state index contributed by atoms with van der Waals surface area (Å²) < 4.78 is 0. The molecule has 1 aliphatic heterocycles. The minimum atomic E-state index is -0.497. The van der Waals surface area contributed by atoms with Gasteiger partial charge in [-0.25, -0.2) is 0 Å². The third-order valence-electron chi connectivity index (χ3n) is 3.27. The fourth-order valence-corrected chi connectivity index (χ4v) is 2.19. The first-order valence-corrected chi connectivity index (χ1v) is 5.99. The lowest BCUT2D eigenvalue weighted by Gasteiger charge is -2.21. The van der Waals surface area contributed by atoms with E-state index in [9.17, 15) is 14.9 Å². The zero-order valence-electron chi connectivity index (χ0n) is 10.6. The fraction of sp³-hybridized carbons (Fsp3) is 0.455. The smallest absolute Gasteiger partial charge is 0.358 e. The zero-order valence-corrected chi connectivity index (χ0v) is 10.6. The van der Waals surface area contributed by atoms with Crippen LogP contribution in [0.3, 0.4) is 0 Å². The highest BCUT2D eigenvalue weighted by atomic mass is 16.6. The summed E-state index contributed by atoms with van der Waals surface area (Å²) in [5.74, 6) is 0.463. The van der Waals surface area contributed by atoms with Gasteiger partial charge in [0.05, 0.1) is 6.19 Å². The number of nitrogens with zero attached hydrogens (tertiary/aromatic N) is 4. The van der Waals surface area contributed by atoms with E-state index in [1.54, 1.807) is 12.1 Å². The number of aromatic nitrogens is 1. The van der Waals surface area contributed by atoms with Gasteiger partial charge in [0.25, 0.3) is 7.41 Å². The van der Waals surface area contributed by atoms with Crippen LogP contribution in [0.5, 0.6) is 0 Å². The van der Waals surface area contributed by atoms with Gasteiger partial charge in [0.15, 0.2) is 0 Å². The van der Waals surface area contributed by atoms with Gasteiger partial charge in [-0.2, -0.15) is 0 Å². The molecule has 1 radical (unpaired) electrons. The van der Waals surface area contributed by atoms with Crippen molar-refractivity contribution in [3.8, 4) is 0 Å². The fourth-order valence-electron chi connectivity index (χ4n) is 2.19. The number of pyridine rings is 1. The summed E-state index contributed by atoms with van der Waals surface area (Å²) in [6.07, 6.45) is 1.65. The molecule has 0 aliphatic carbocycles. The maximum absolute atomic E-state index is 10.7. The lowest BCUT2D eigenvalue weighted by atomic mass is 9.93. The number of nitro groups is 1. The molecule has 19 heavy (non-hydrogen) atoms. The quantitative estimate of drug-likeness (QED) is 0.328. The lowest BCUT2D eigenvalue weighted by Crippen LogP contribution is -2.37. The van der Waals surface area contributed by atoms with Crippen molar-refractivity contribution in [3.63, 3.8) is 0 Å². The first-order valence-electron chi connectivity index (χ1n) is 5.99. The van der Waals surface area contributed by atoms with Crippen molar-refractivity contribution in [2.75, 3.05) is 25.0 Å². The Balaban J connectivity index is 2.06. The third-order valence-corrected chi connectivity index (χ3v) is 3.27. The van der Waals surface area contributed by atoms with Crippen LogP contribution in [0.4, 0.5) is 11.6 Å². The van der Waals surface area contributed by atoms with E-state index in [1.165, 1.54) is 13.5 Å². The molecule has 1 aliphatic rings. The van der Waals surface area contributed by atoms with E-state index in [0.717, 1.165) is 19.2 Å². The Labute approximate surface area is 111 Å². The van der Waals surface area contributed by atoms with Crippen LogP contribution in [-0.2, 0) is 4.79 Å². The van der Waals surface area contributed by atoms with E-state index in [-0.39, 0.29) is 11.9 Å². The largest absolute Gasteiger partial charge is 0.365 e. The topological polar surface area (TPSA) is 79.6 Å². The van der Waals surface area contributed by atoms with Crippen LogP contribution < -0.4 is 4.90 Å².